The van der Waals surface area contributed by atoms with Gasteiger partial charge < -0.3 is 15.7 Å². The molecule has 1 aliphatic heterocycles. The van der Waals surface area contributed by atoms with E-state index in [1.807, 2.05) is 4.90 Å². The number of sulfonamides is 1. The number of primary amides is 1. The van der Waals surface area contributed by atoms with E-state index in [-0.39, 0.29) is 23.2 Å². The molecule has 1 aromatic heterocycles. The number of halogens is 2. The summed E-state index contributed by atoms with van der Waals surface area (Å²) < 4.78 is 57.1. The summed E-state index contributed by atoms with van der Waals surface area (Å²) in [7, 11) is -3.96. The molecule has 3 aliphatic rings. The van der Waals surface area contributed by atoms with Crippen molar-refractivity contribution >= 4 is 33.0 Å². The third kappa shape index (κ3) is 5.64. The lowest BCUT2D eigenvalue weighted by Crippen LogP contribution is -2.36. The number of aromatic nitrogens is 1. The van der Waals surface area contributed by atoms with Gasteiger partial charge in [-0.05, 0) is 62.6 Å². The molecular weight excluding hydrogens is 542 g/mol. The molecule has 1 saturated carbocycles. The Balaban J connectivity index is 1.72. The molecule has 216 valence electrons. The van der Waals surface area contributed by atoms with Crippen molar-refractivity contribution in [2.45, 2.75) is 57.8 Å². The van der Waals surface area contributed by atoms with E-state index >= 15 is 0 Å². The van der Waals surface area contributed by atoms with E-state index in [1.165, 1.54) is 29.0 Å². The SMILES string of the molecule is Cc1cc(-c2c(NS(=O)(=O)CCO)ccc(C(N)=O)c2N2CCC3(CC2)CC3)cn(C2=CCC(F)(F)CC2)c1=O. The molecule has 0 unspecified atom stereocenters. The summed E-state index contributed by atoms with van der Waals surface area (Å²) in [5, 5.41) is 9.29. The predicted octanol–water partition coefficient (Wildman–Crippen LogP) is 3.70. The Hall–Kier alpha value is -3.25. The van der Waals surface area contributed by atoms with Gasteiger partial charge in [-0.3, -0.25) is 18.9 Å². The van der Waals surface area contributed by atoms with Gasteiger partial charge in [0.1, 0.15) is 0 Å². The first-order valence-electron chi connectivity index (χ1n) is 13.5. The summed E-state index contributed by atoms with van der Waals surface area (Å²) in [6, 6.07) is 4.54. The highest BCUT2D eigenvalue weighted by atomic mass is 32.2. The van der Waals surface area contributed by atoms with Gasteiger partial charge in [0.2, 0.25) is 10.0 Å². The number of carbonyl (C=O) groups excluding carboxylic acids is 1. The molecule has 2 heterocycles. The molecule has 0 atom stereocenters. The minimum Gasteiger partial charge on any atom is -0.395 e. The molecular formula is C28H34F2N4O5S. The van der Waals surface area contributed by atoms with Gasteiger partial charge in [-0.25, -0.2) is 17.2 Å². The Bertz CT molecular complexity index is 1540. The maximum Gasteiger partial charge on any atom is 0.257 e. The Kier molecular flexibility index (Phi) is 7.28. The van der Waals surface area contributed by atoms with Crippen LogP contribution in [0.1, 0.15) is 60.9 Å². The smallest absolute Gasteiger partial charge is 0.257 e. The second-order valence-corrected chi connectivity index (χ2v) is 13.1. The van der Waals surface area contributed by atoms with Gasteiger partial charge in [0.05, 0.1) is 29.3 Å². The van der Waals surface area contributed by atoms with Crippen LogP contribution in [-0.4, -0.2) is 55.4 Å². The molecule has 12 heteroatoms. The number of hydrogen-bond acceptors (Lipinski definition) is 6. The van der Waals surface area contributed by atoms with Crippen molar-refractivity contribution in [1.29, 1.82) is 0 Å². The van der Waals surface area contributed by atoms with Gasteiger partial charge in [0.15, 0.2) is 0 Å². The lowest BCUT2D eigenvalue weighted by molar-refractivity contribution is -0.00662. The molecule has 40 heavy (non-hydrogen) atoms. The van der Waals surface area contributed by atoms with Crippen molar-refractivity contribution in [2.24, 2.45) is 11.1 Å². The Morgan fingerprint density at radius 1 is 1.15 bits per heavy atom. The first-order chi connectivity index (χ1) is 18.8. The summed E-state index contributed by atoms with van der Waals surface area (Å²) in [6.45, 7) is 2.29. The van der Waals surface area contributed by atoms with Gasteiger partial charge >= 0.3 is 0 Å². The Morgan fingerprint density at radius 3 is 2.42 bits per heavy atom. The number of alkyl halides is 2. The number of hydrogen-bond donors (Lipinski definition) is 3. The van der Waals surface area contributed by atoms with E-state index < -0.39 is 47.1 Å². The molecule has 4 N–H and O–H groups in total. The average Bonchev–Trinajstić information content (AvgIpc) is 3.64. The third-order valence-electron chi connectivity index (χ3n) is 8.34. The fourth-order valence-corrected chi connectivity index (χ4v) is 6.63. The number of carbonyl (C=O) groups is 1. The Morgan fingerprint density at radius 2 is 1.85 bits per heavy atom. The number of aliphatic hydroxyl groups excluding tert-OH is 1. The molecule has 1 spiro atoms. The number of pyridine rings is 1. The maximum absolute atomic E-state index is 13.9. The number of aryl methyl sites for hydroxylation is 1. The van der Waals surface area contributed by atoms with Crippen molar-refractivity contribution < 1.29 is 27.1 Å². The molecule has 2 aliphatic carbocycles. The summed E-state index contributed by atoms with van der Waals surface area (Å²) in [5.41, 5.74) is 8.15. The third-order valence-corrected chi connectivity index (χ3v) is 9.59. The monoisotopic (exact) mass is 576 g/mol. The molecule has 0 bridgehead atoms. The largest absolute Gasteiger partial charge is 0.395 e. The lowest BCUT2D eigenvalue weighted by atomic mass is 9.90. The van der Waals surface area contributed by atoms with Gasteiger partial charge in [0, 0.05) is 54.5 Å². The van der Waals surface area contributed by atoms with Crippen LogP contribution in [0.4, 0.5) is 20.2 Å². The van der Waals surface area contributed by atoms with Gasteiger partial charge in [-0.1, -0.05) is 6.08 Å². The Labute approximate surface area is 231 Å². The number of piperidine rings is 1. The minimum absolute atomic E-state index is 0.00578. The topological polar surface area (TPSA) is 135 Å². The highest BCUT2D eigenvalue weighted by molar-refractivity contribution is 7.92. The highest BCUT2D eigenvalue weighted by Crippen LogP contribution is 2.55. The number of nitrogens with one attached hydrogen (secondary N) is 1. The van der Waals surface area contributed by atoms with Crippen LogP contribution in [0, 0.1) is 12.3 Å². The average molecular weight is 577 g/mol. The number of aliphatic hydroxyl groups is 1. The van der Waals surface area contributed by atoms with E-state index in [4.69, 9.17) is 5.73 Å². The molecule has 1 aromatic carbocycles. The van der Waals surface area contributed by atoms with Gasteiger partial charge in [-0.15, -0.1) is 0 Å². The van der Waals surface area contributed by atoms with Crippen molar-refractivity contribution in [3.05, 3.63) is 52.0 Å². The zero-order chi connectivity index (χ0) is 28.9. The molecule has 9 nitrogen and oxygen atoms in total. The maximum atomic E-state index is 13.9. The lowest BCUT2D eigenvalue weighted by Gasteiger charge is -2.36. The second kappa shape index (κ2) is 10.3. The van der Waals surface area contributed by atoms with Crippen molar-refractivity contribution in [2.75, 3.05) is 35.1 Å². The van der Waals surface area contributed by atoms with E-state index in [1.54, 1.807) is 13.0 Å². The van der Waals surface area contributed by atoms with E-state index in [2.05, 4.69) is 4.72 Å². The quantitative estimate of drug-likeness (QED) is 0.439. The van der Waals surface area contributed by atoms with Crippen LogP contribution < -0.4 is 20.9 Å². The molecule has 2 fully saturated rings. The van der Waals surface area contributed by atoms with Crippen LogP contribution in [0.2, 0.25) is 0 Å². The molecule has 5 rings (SSSR count). The van der Waals surface area contributed by atoms with Crippen LogP contribution in [0.3, 0.4) is 0 Å². The molecule has 2 aromatic rings. The number of anilines is 2. The number of benzene rings is 1. The number of nitrogens with zero attached hydrogens (tertiary/aromatic N) is 2. The second-order valence-electron chi connectivity index (χ2n) is 11.2. The normalized spacial score (nSPS) is 19.8. The highest BCUT2D eigenvalue weighted by Gasteiger charge is 2.45. The van der Waals surface area contributed by atoms with E-state index in [0.717, 1.165) is 25.7 Å². The number of rotatable bonds is 8. The molecule has 0 radical (unpaired) electrons. The number of amides is 1. The van der Waals surface area contributed by atoms with Crippen LogP contribution in [0.5, 0.6) is 0 Å². The van der Waals surface area contributed by atoms with Crippen LogP contribution >= 0.6 is 0 Å². The standard InChI is InChI=1S/C28H34F2N4O5S/c1-18-16-19(17-34(26(18)37)20-4-6-28(29,30)7-5-20)23-22(32-40(38,39)15-14-35)3-2-21(25(31)36)24(23)33-12-10-27(8-9-27)11-13-33/h2-4,16-17,32,35H,5-15H2,1H3,(H2,31,36). The van der Waals surface area contributed by atoms with E-state index in [0.29, 0.717) is 46.6 Å². The van der Waals surface area contributed by atoms with Gasteiger partial charge in [-0.2, -0.15) is 0 Å². The summed E-state index contributed by atoms with van der Waals surface area (Å²) in [6.07, 6.45) is 6.17. The molecule has 1 saturated heterocycles. The van der Waals surface area contributed by atoms with Crippen molar-refractivity contribution in [3.63, 3.8) is 0 Å². The summed E-state index contributed by atoms with van der Waals surface area (Å²) >= 11 is 0. The zero-order valence-corrected chi connectivity index (χ0v) is 23.2. The summed E-state index contributed by atoms with van der Waals surface area (Å²) in [4.78, 5) is 27.9. The minimum atomic E-state index is -3.96. The fraction of sp³-hybridized carbons (Fsp3) is 0.500. The van der Waals surface area contributed by atoms with Gasteiger partial charge in [0.25, 0.3) is 17.4 Å². The fourth-order valence-electron chi connectivity index (χ4n) is 5.79. The van der Waals surface area contributed by atoms with Crippen LogP contribution in [0.15, 0.2) is 35.3 Å². The molecule has 1 amide bonds. The van der Waals surface area contributed by atoms with Crippen molar-refractivity contribution in [1.82, 2.24) is 4.57 Å². The summed E-state index contributed by atoms with van der Waals surface area (Å²) in [5.74, 6) is -4.06. The van der Waals surface area contributed by atoms with Crippen molar-refractivity contribution in [3.8, 4) is 11.1 Å². The number of allylic oxidation sites excluding steroid dienone is 2. The van der Waals surface area contributed by atoms with Crippen LogP contribution in [0.25, 0.3) is 16.8 Å². The van der Waals surface area contributed by atoms with Crippen LogP contribution in [-0.2, 0) is 10.0 Å². The zero-order valence-electron chi connectivity index (χ0n) is 22.4. The first-order valence-corrected chi connectivity index (χ1v) is 15.1. The first kappa shape index (κ1) is 28.3. The number of nitrogens with two attached hydrogens (primary N) is 1. The predicted molar refractivity (Wildman–Crippen MR) is 150 cm³/mol. The van der Waals surface area contributed by atoms with E-state index in [9.17, 15) is 31.9 Å².